The highest BCUT2D eigenvalue weighted by atomic mass is 35.5. The van der Waals surface area contributed by atoms with Crippen LogP contribution in [0.5, 0.6) is 0 Å². The highest BCUT2D eigenvalue weighted by Crippen LogP contribution is 2.52. The number of rotatable bonds is 3. The predicted molar refractivity (Wildman–Crippen MR) is 97.9 cm³/mol. The molecule has 0 fully saturated rings. The van der Waals surface area contributed by atoms with Crippen molar-refractivity contribution in [2.75, 3.05) is 5.32 Å². The van der Waals surface area contributed by atoms with Gasteiger partial charge in [-0.3, -0.25) is 10.1 Å². The molecule has 2 aliphatic rings. The number of anilines is 1. The molecule has 3 atom stereocenters. The summed E-state index contributed by atoms with van der Waals surface area (Å²) in [6.45, 7) is 0. The molecule has 2 aromatic carbocycles. The molecule has 2 aromatic rings. The van der Waals surface area contributed by atoms with Crippen molar-refractivity contribution < 1.29 is 14.8 Å². The average Bonchev–Trinajstić information content (AvgIpc) is 3.11. The van der Waals surface area contributed by atoms with E-state index in [0.717, 1.165) is 12.0 Å². The number of halogens is 1. The minimum Gasteiger partial charge on any atom is -0.478 e. The normalized spacial score (nSPS) is 23.0. The standard InChI is InChI=1S/C19H15ClN2O4/c20-15-9-8-14(19(23)24)16-12-2-1-3-13(12)17(21-18(15)16)10-4-6-11(7-5-10)22(25)26/h1-2,4-9,12-13,17,21H,3H2,(H,23,24). The number of carboxylic acids is 1. The number of benzene rings is 2. The number of nitro benzene ring substituents is 1. The van der Waals surface area contributed by atoms with E-state index in [1.807, 2.05) is 6.08 Å². The second-order valence-corrected chi connectivity index (χ2v) is 6.92. The number of nitrogens with one attached hydrogen (secondary N) is 1. The zero-order chi connectivity index (χ0) is 18.4. The Labute approximate surface area is 154 Å². The van der Waals surface area contributed by atoms with E-state index in [9.17, 15) is 20.0 Å². The van der Waals surface area contributed by atoms with Crippen molar-refractivity contribution in [2.45, 2.75) is 18.4 Å². The fourth-order valence-corrected chi connectivity index (χ4v) is 4.21. The van der Waals surface area contributed by atoms with Gasteiger partial charge in [0.2, 0.25) is 0 Å². The number of carboxylic acid groups (broad SMARTS) is 1. The molecule has 0 amide bonds. The number of hydrogen-bond acceptors (Lipinski definition) is 4. The van der Waals surface area contributed by atoms with Crippen LogP contribution in [0.25, 0.3) is 0 Å². The highest BCUT2D eigenvalue weighted by Gasteiger charge is 2.40. The van der Waals surface area contributed by atoms with Gasteiger partial charge in [-0.05, 0) is 35.6 Å². The quantitative estimate of drug-likeness (QED) is 0.461. The summed E-state index contributed by atoms with van der Waals surface area (Å²) in [5.41, 5.74) is 2.54. The molecule has 26 heavy (non-hydrogen) atoms. The monoisotopic (exact) mass is 370 g/mol. The predicted octanol–water partition coefficient (Wildman–Crippen LogP) is 4.77. The van der Waals surface area contributed by atoms with Crippen LogP contribution < -0.4 is 5.32 Å². The first-order chi connectivity index (χ1) is 12.5. The molecular weight excluding hydrogens is 356 g/mol. The molecule has 0 saturated carbocycles. The average molecular weight is 371 g/mol. The number of hydrogen-bond donors (Lipinski definition) is 2. The molecule has 0 bridgehead atoms. The first-order valence-corrected chi connectivity index (χ1v) is 8.58. The Morgan fingerprint density at radius 1 is 1.23 bits per heavy atom. The lowest BCUT2D eigenvalue weighted by molar-refractivity contribution is -0.384. The van der Waals surface area contributed by atoms with Gasteiger partial charge < -0.3 is 10.4 Å². The van der Waals surface area contributed by atoms with Crippen LogP contribution in [0.2, 0.25) is 5.02 Å². The Hall–Kier alpha value is -2.86. The SMILES string of the molecule is O=C(O)c1ccc(Cl)c2c1C1C=CCC1C(c1ccc([N+](=O)[O-])cc1)N2. The third-order valence-corrected chi connectivity index (χ3v) is 5.48. The zero-order valence-electron chi connectivity index (χ0n) is 13.6. The van der Waals surface area contributed by atoms with Crippen LogP contribution in [0.3, 0.4) is 0 Å². The molecule has 7 heteroatoms. The molecule has 1 heterocycles. The van der Waals surface area contributed by atoms with Crippen molar-refractivity contribution >= 4 is 28.9 Å². The van der Waals surface area contributed by atoms with E-state index in [2.05, 4.69) is 11.4 Å². The number of non-ortho nitro benzene ring substituents is 1. The molecule has 2 N–H and O–H groups in total. The largest absolute Gasteiger partial charge is 0.478 e. The van der Waals surface area contributed by atoms with Crippen LogP contribution in [0.1, 0.15) is 39.9 Å². The Morgan fingerprint density at radius 2 is 1.96 bits per heavy atom. The fraction of sp³-hybridized carbons (Fsp3) is 0.211. The number of nitro groups is 1. The van der Waals surface area contributed by atoms with Crippen molar-refractivity contribution in [3.63, 3.8) is 0 Å². The van der Waals surface area contributed by atoms with Gasteiger partial charge in [0.1, 0.15) is 0 Å². The highest BCUT2D eigenvalue weighted by molar-refractivity contribution is 6.33. The third-order valence-electron chi connectivity index (χ3n) is 5.16. The molecule has 1 aliphatic heterocycles. The fourth-order valence-electron chi connectivity index (χ4n) is 3.99. The van der Waals surface area contributed by atoms with Gasteiger partial charge in [0, 0.05) is 18.1 Å². The minimum absolute atomic E-state index is 0.0391. The van der Waals surface area contributed by atoms with Crippen molar-refractivity contribution in [2.24, 2.45) is 5.92 Å². The summed E-state index contributed by atoms with van der Waals surface area (Å²) in [7, 11) is 0. The molecule has 4 rings (SSSR count). The molecule has 1 aliphatic carbocycles. The second-order valence-electron chi connectivity index (χ2n) is 6.51. The lowest BCUT2D eigenvalue weighted by Crippen LogP contribution is -2.30. The van der Waals surface area contributed by atoms with Crippen LogP contribution in [-0.2, 0) is 0 Å². The number of nitrogens with zero attached hydrogens (tertiary/aromatic N) is 1. The number of aromatic carboxylic acids is 1. The van der Waals surface area contributed by atoms with Crippen molar-refractivity contribution in [1.82, 2.24) is 0 Å². The van der Waals surface area contributed by atoms with E-state index in [-0.39, 0.29) is 29.1 Å². The third kappa shape index (κ3) is 2.54. The van der Waals surface area contributed by atoms with Crippen molar-refractivity contribution in [3.8, 4) is 0 Å². The Balaban J connectivity index is 1.81. The van der Waals surface area contributed by atoms with Crippen LogP contribution in [-0.4, -0.2) is 16.0 Å². The summed E-state index contributed by atoms with van der Waals surface area (Å²) in [5.74, 6) is -0.913. The van der Waals surface area contributed by atoms with E-state index >= 15 is 0 Å². The molecule has 0 spiro atoms. The number of carbonyl (C=O) groups is 1. The van der Waals surface area contributed by atoms with E-state index in [1.165, 1.54) is 12.1 Å². The molecule has 0 saturated heterocycles. The molecular formula is C19H15ClN2O4. The van der Waals surface area contributed by atoms with Crippen LogP contribution >= 0.6 is 11.6 Å². The van der Waals surface area contributed by atoms with E-state index in [4.69, 9.17) is 11.6 Å². The summed E-state index contributed by atoms with van der Waals surface area (Å²) < 4.78 is 0. The van der Waals surface area contributed by atoms with E-state index in [0.29, 0.717) is 16.3 Å². The summed E-state index contributed by atoms with van der Waals surface area (Å²) in [6.07, 6.45) is 4.88. The van der Waals surface area contributed by atoms with Gasteiger partial charge in [-0.2, -0.15) is 0 Å². The van der Waals surface area contributed by atoms with Gasteiger partial charge in [-0.25, -0.2) is 4.79 Å². The lowest BCUT2D eigenvalue weighted by Gasteiger charge is -2.38. The Kier molecular flexibility index (Phi) is 3.92. The topological polar surface area (TPSA) is 92.5 Å². The maximum atomic E-state index is 11.7. The number of fused-ring (bicyclic) bond motifs is 3. The minimum atomic E-state index is -0.979. The summed E-state index contributed by atoms with van der Waals surface area (Å²) in [6, 6.07) is 9.47. The summed E-state index contributed by atoms with van der Waals surface area (Å²) in [4.78, 5) is 22.1. The number of allylic oxidation sites excluding steroid dienone is 2. The smallest absolute Gasteiger partial charge is 0.336 e. The molecule has 3 unspecified atom stereocenters. The first kappa shape index (κ1) is 16.6. The van der Waals surface area contributed by atoms with Gasteiger partial charge in [0.15, 0.2) is 0 Å². The summed E-state index contributed by atoms with van der Waals surface area (Å²) in [5, 5.41) is 24.3. The van der Waals surface area contributed by atoms with Gasteiger partial charge in [0.05, 0.1) is 27.2 Å². The van der Waals surface area contributed by atoms with Crippen molar-refractivity contribution in [3.05, 3.63) is 80.4 Å². The lowest BCUT2D eigenvalue weighted by atomic mass is 9.75. The molecule has 0 aromatic heterocycles. The van der Waals surface area contributed by atoms with Crippen LogP contribution in [0.15, 0.2) is 48.6 Å². The van der Waals surface area contributed by atoms with Gasteiger partial charge in [0.25, 0.3) is 5.69 Å². The summed E-state index contributed by atoms with van der Waals surface area (Å²) >= 11 is 6.36. The molecule has 132 valence electrons. The van der Waals surface area contributed by atoms with Gasteiger partial charge in [-0.15, -0.1) is 0 Å². The maximum Gasteiger partial charge on any atom is 0.336 e. The van der Waals surface area contributed by atoms with Gasteiger partial charge >= 0.3 is 5.97 Å². The van der Waals surface area contributed by atoms with Crippen molar-refractivity contribution in [1.29, 1.82) is 0 Å². The zero-order valence-corrected chi connectivity index (χ0v) is 14.3. The Bertz CT molecular complexity index is 939. The molecule has 0 radical (unpaired) electrons. The Morgan fingerprint density at radius 3 is 2.62 bits per heavy atom. The van der Waals surface area contributed by atoms with E-state index in [1.54, 1.807) is 24.3 Å². The van der Waals surface area contributed by atoms with Crippen LogP contribution in [0.4, 0.5) is 11.4 Å². The van der Waals surface area contributed by atoms with Crippen LogP contribution in [0, 0.1) is 16.0 Å². The molecule has 6 nitrogen and oxygen atoms in total. The van der Waals surface area contributed by atoms with E-state index < -0.39 is 10.9 Å². The second kappa shape index (κ2) is 6.14. The van der Waals surface area contributed by atoms with Gasteiger partial charge in [-0.1, -0.05) is 35.9 Å². The maximum absolute atomic E-state index is 11.7. The first-order valence-electron chi connectivity index (χ1n) is 8.20.